The number of anilines is 1. The Morgan fingerprint density at radius 2 is 1.82 bits per heavy atom. The molecule has 1 aliphatic rings. The van der Waals surface area contributed by atoms with E-state index < -0.39 is 12.0 Å². The number of carbonyl (C=O) groups is 1. The van der Waals surface area contributed by atoms with Gasteiger partial charge in [0.1, 0.15) is 5.03 Å². The molecule has 4 nitrogen and oxygen atoms in total. The molecule has 0 unspecified atom stereocenters. The normalized spacial score (nSPS) is 14.2. The third kappa shape index (κ3) is 3.69. The Bertz CT molecular complexity index is 1040. The maximum Gasteiger partial charge on any atom is 0.451 e. The van der Waals surface area contributed by atoms with Crippen LogP contribution < -0.4 is 4.90 Å². The standard InChI is InChI=1S/C20H16F3N3OS/c21-20(22,23)19-24-15-9-3-2-8-14(15)18(25-19)28-12-17(27)26-11-5-7-13-6-1-4-10-16(13)26/h1-4,6,8-10H,5,7,11-12H2. The largest absolute Gasteiger partial charge is 0.451 e. The Morgan fingerprint density at radius 1 is 1.07 bits per heavy atom. The summed E-state index contributed by atoms with van der Waals surface area (Å²) >= 11 is 1.01. The van der Waals surface area contributed by atoms with Crippen LogP contribution in [0.25, 0.3) is 10.9 Å². The molecule has 1 aromatic heterocycles. The fraction of sp³-hybridized carbons (Fsp3) is 0.250. The summed E-state index contributed by atoms with van der Waals surface area (Å²) < 4.78 is 39.4. The molecule has 0 saturated heterocycles. The number of halogens is 3. The minimum atomic E-state index is -4.64. The Hall–Kier alpha value is -2.61. The van der Waals surface area contributed by atoms with Crippen molar-refractivity contribution in [1.82, 2.24) is 9.97 Å². The Morgan fingerprint density at radius 3 is 2.64 bits per heavy atom. The van der Waals surface area contributed by atoms with Crippen LogP contribution in [0, 0.1) is 0 Å². The summed E-state index contributed by atoms with van der Waals surface area (Å²) in [4.78, 5) is 21.8. The number of alkyl halides is 3. The van der Waals surface area contributed by atoms with Crippen molar-refractivity contribution in [2.24, 2.45) is 0 Å². The highest BCUT2D eigenvalue weighted by molar-refractivity contribution is 8.00. The lowest BCUT2D eigenvalue weighted by Crippen LogP contribution is -2.36. The summed E-state index contributed by atoms with van der Waals surface area (Å²) in [5, 5.41) is 0.670. The number of rotatable bonds is 3. The van der Waals surface area contributed by atoms with Crippen molar-refractivity contribution in [2.45, 2.75) is 24.0 Å². The minimum Gasteiger partial charge on any atom is -0.311 e. The van der Waals surface area contributed by atoms with Crippen molar-refractivity contribution in [3.05, 3.63) is 59.9 Å². The lowest BCUT2D eigenvalue weighted by atomic mass is 10.0. The molecule has 2 aromatic carbocycles. The summed E-state index contributed by atoms with van der Waals surface area (Å²) in [6.07, 6.45) is -2.87. The number of para-hydroxylation sites is 2. The zero-order valence-electron chi connectivity index (χ0n) is 14.7. The first-order chi connectivity index (χ1) is 13.4. The molecule has 8 heteroatoms. The quantitative estimate of drug-likeness (QED) is 0.469. The van der Waals surface area contributed by atoms with E-state index in [1.54, 1.807) is 23.1 Å². The van der Waals surface area contributed by atoms with Crippen molar-refractivity contribution in [3.63, 3.8) is 0 Å². The van der Waals surface area contributed by atoms with Crippen LogP contribution in [0.15, 0.2) is 53.6 Å². The van der Waals surface area contributed by atoms with E-state index in [4.69, 9.17) is 0 Å². The van der Waals surface area contributed by atoms with Gasteiger partial charge in [-0.1, -0.05) is 48.2 Å². The van der Waals surface area contributed by atoms with E-state index in [0.29, 0.717) is 11.9 Å². The topological polar surface area (TPSA) is 46.1 Å². The van der Waals surface area contributed by atoms with E-state index >= 15 is 0 Å². The van der Waals surface area contributed by atoms with Gasteiger partial charge in [-0.15, -0.1) is 0 Å². The predicted octanol–water partition coefficient (Wildman–Crippen LogP) is 4.72. The smallest absolute Gasteiger partial charge is 0.311 e. The number of benzene rings is 2. The number of hydrogen-bond acceptors (Lipinski definition) is 4. The van der Waals surface area contributed by atoms with Gasteiger partial charge in [0.05, 0.1) is 11.3 Å². The molecular weight excluding hydrogens is 387 g/mol. The molecule has 1 amide bonds. The molecule has 0 saturated carbocycles. The number of hydrogen-bond donors (Lipinski definition) is 0. The molecule has 2 heterocycles. The fourth-order valence-electron chi connectivity index (χ4n) is 3.28. The zero-order chi connectivity index (χ0) is 19.7. The second-order valence-electron chi connectivity index (χ2n) is 6.43. The van der Waals surface area contributed by atoms with Gasteiger partial charge in [-0.2, -0.15) is 13.2 Å². The zero-order valence-corrected chi connectivity index (χ0v) is 15.6. The lowest BCUT2D eigenvalue weighted by molar-refractivity contribution is -0.145. The minimum absolute atomic E-state index is 0.00659. The van der Waals surface area contributed by atoms with E-state index in [9.17, 15) is 18.0 Å². The van der Waals surface area contributed by atoms with Gasteiger partial charge in [-0.3, -0.25) is 4.79 Å². The average Bonchev–Trinajstić information content (AvgIpc) is 2.70. The van der Waals surface area contributed by atoms with Crippen molar-refractivity contribution >= 4 is 34.3 Å². The predicted molar refractivity (Wildman–Crippen MR) is 102 cm³/mol. The molecule has 0 atom stereocenters. The molecule has 0 radical (unpaired) electrons. The number of aromatic nitrogens is 2. The van der Waals surface area contributed by atoms with Crippen LogP contribution in [0.3, 0.4) is 0 Å². The Kier molecular flexibility index (Phi) is 4.97. The number of aryl methyl sites for hydroxylation is 1. The van der Waals surface area contributed by atoms with Gasteiger partial charge in [-0.25, -0.2) is 9.97 Å². The fourth-order valence-corrected chi connectivity index (χ4v) is 4.18. The van der Waals surface area contributed by atoms with Gasteiger partial charge in [0, 0.05) is 17.6 Å². The van der Waals surface area contributed by atoms with Crippen LogP contribution >= 0.6 is 11.8 Å². The van der Waals surface area contributed by atoms with Crippen LogP contribution in [0.1, 0.15) is 17.8 Å². The highest BCUT2D eigenvalue weighted by Crippen LogP contribution is 2.33. The van der Waals surface area contributed by atoms with Crippen LogP contribution in [0.2, 0.25) is 0 Å². The lowest BCUT2D eigenvalue weighted by Gasteiger charge is -2.29. The van der Waals surface area contributed by atoms with Gasteiger partial charge in [0.2, 0.25) is 11.7 Å². The van der Waals surface area contributed by atoms with E-state index in [2.05, 4.69) is 9.97 Å². The average molecular weight is 403 g/mol. The molecule has 0 spiro atoms. The summed E-state index contributed by atoms with van der Waals surface area (Å²) in [6.45, 7) is 0.606. The van der Waals surface area contributed by atoms with E-state index in [1.165, 1.54) is 6.07 Å². The number of carbonyl (C=O) groups excluding carboxylic acids is 1. The van der Waals surface area contributed by atoms with Crippen LogP contribution in [0.4, 0.5) is 18.9 Å². The Balaban J connectivity index is 1.60. The highest BCUT2D eigenvalue weighted by atomic mass is 32.2. The molecule has 4 rings (SSSR count). The third-order valence-corrected chi connectivity index (χ3v) is 5.54. The van der Waals surface area contributed by atoms with Gasteiger partial charge in [0.15, 0.2) is 0 Å². The molecule has 1 aliphatic heterocycles. The molecular formula is C20H16F3N3OS. The summed E-state index contributed by atoms with van der Waals surface area (Å²) in [7, 11) is 0. The van der Waals surface area contributed by atoms with Gasteiger partial charge in [-0.05, 0) is 30.5 Å². The summed E-state index contributed by atoms with van der Waals surface area (Å²) in [5.74, 6) is -1.33. The molecule has 0 bridgehead atoms. The second kappa shape index (κ2) is 7.43. The van der Waals surface area contributed by atoms with Gasteiger partial charge in [0.25, 0.3) is 0 Å². The first-order valence-corrected chi connectivity index (χ1v) is 9.77. The Labute approximate surface area is 163 Å². The molecule has 3 aromatic rings. The van der Waals surface area contributed by atoms with Gasteiger partial charge < -0.3 is 4.90 Å². The maximum absolute atomic E-state index is 13.1. The van der Waals surface area contributed by atoms with Gasteiger partial charge >= 0.3 is 6.18 Å². The first kappa shape index (κ1) is 18.7. The first-order valence-electron chi connectivity index (χ1n) is 8.78. The SMILES string of the molecule is O=C(CSc1nc(C(F)(F)F)nc2ccccc12)N1CCCc2ccccc21. The van der Waals surface area contributed by atoms with Crippen LogP contribution in [-0.4, -0.2) is 28.2 Å². The highest BCUT2D eigenvalue weighted by Gasteiger charge is 2.35. The number of fused-ring (bicyclic) bond motifs is 2. The monoisotopic (exact) mass is 403 g/mol. The summed E-state index contributed by atoms with van der Waals surface area (Å²) in [5.41, 5.74) is 2.20. The molecule has 0 fully saturated rings. The summed E-state index contributed by atoms with van der Waals surface area (Å²) in [6, 6.07) is 14.2. The molecule has 28 heavy (non-hydrogen) atoms. The molecule has 0 N–H and O–H groups in total. The van der Waals surface area contributed by atoms with E-state index in [0.717, 1.165) is 35.9 Å². The van der Waals surface area contributed by atoms with E-state index in [1.807, 2.05) is 24.3 Å². The van der Waals surface area contributed by atoms with E-state index in [-0.39, 0.29) is 22.2 Å². The number of amides is 1. The van der Waals surface area contributed by atoms with Crippen molar-refractivity contribution < 1.29 is 18.0 Å². The molecule has 144 valence electrons. The second-order valence-corrected chi connectivity index (χ2v) is 7.40. The maximum atomic E-state index is 13.1. The van der Waals surface area contributed by atoms with Crippen molar-refractivity contribution in [1.29, 1.82) is 0 Å². The number of thioether (sulfide) groups is 1. The molecule has 0 aliphatic carbocycles. The van der Waals surface area contributed by atoms with Crippen molar-refractivity contribution in [3.8, 4) is 0 Å². The van der Waals surface area contributed by atoms with Crippen molar-refractivity contribution in [2.75, 3.05) is 17.2 Å². The van der Waals surface area contributed by atoms with Crippen LogP contribution in [0.5, 0.6) is 0 Å². The van der Waals surface area contributed by atoms with Crippen LogP contribution in [-0.2, 0) is 17.4 Å². The number of nitrogens with zero attached hydrogens (tertiary/aromatic N) is 3. The third-order valence-electron chi connectivity index (χ3n) is 4.57.